The molecule has 1 aromatic rings. The first-order chi connectivity index (χ1) is 8.57. The van der Waals surface area contributed by atoms with Crippen molar-refractivity contribution in [1.29, 1.82) is 0 Å². The van der Waals surface area contributed by atoms with Crippen molar-refractivity contribution in [1.82, 2.24) is 0 Å². The molecule has 0 aliphatic heterocycles. The van der Waals surface area contributed by atoms with Crippen molar-refractivity contribution in [2.45, 2.75) is 6.18 Å². The van der Waals surface area contributed by atoms with Gasteiger partial charge in [0.05, 0.1) is 10.5 Å². The number of rotatable bonds is 4. The number of nitro benzene ring substituents is 1. The highest BCUT2D eigenvalue weighted by atomic mass is 79.9. The van der Waals surface area contributed by atoms with Crippen molar-refractivity contribution in [3.63, 3.8) is 0 Å². The topological polar surface area (TPSA) is 89.3 Å². The lowest BCUT2D eigenvalue weighted by Crippen LogP contribution is -2.15. The SMILES string of the molecule is O=[N+]([O-])c1cc(C(F)(F)F)ccc1NS(=O)(=O)CBr. The Labute approximate surface area is 113 Å². The van der Waals surface area contributed by atoms with Crippen LogP contribution in [0.5, 0.6) is 0 Å². The first-order valence-corrected chi connectivity index (χ1v) is 7.26. The third kappa shape index (κ3) is 4.06. The van der Waals surface area contributed by atoms with Crippen LogP contribution >= 0.6 is 15.9 Å². The summed E-state index contributed by atoms with van der Waals surface area (Å²) in [6.45, 7) is 0. The molecule has 1 aromatic carbocycles. The van der Waals surface area contributed by atoms with Crippen molar-refractivity contribution in [3.05, 3.63) is 33.9 Å². The van der Waals surface area contributed by atoms with E-state index in [1.807, 2.05) is 4.72 Å². The van der Waals surface area contributed by atoms with Gasteiger partial charge in [-0.2, -0.15) is 13.2 Å². The van der Waals surface area contributed by atoms with Crippen LogP contribution in [0.25, 0.3) is 0 Å². The quantitative estimate of drug-likeness (QED) is 0.506. The molecular weight excluding hydrogens is 357 g/mol. The number of hydrogen-bond acceptors (Lipinski definition) is 4. The summed E-state index contributed by atoms with van der Waals surface area (Å²) >= 11 is 2.64. The predicted molar refractivity (Wildman–Crippen MR) is 64.4 cm³/mol. The lowest BCUT2D eigenvalue weighted by Gasteiger charge is -2.09. The number of sulfonamides is 1. The summed E-state index contributed by atoms with van der Waals surface area (Å²) in [7, 11) is -3.90. The summed E-state index contributed by atoms with van der Waals surface area (Å²) in [6, 6.07) is 1.52. The van der Waals surface area contributed by atoms with E-state index in [9.17, 15) is 31.7 Å². The largest absolute Gasteiger partial charge is 0.416 e. The number of alkyl halides is 4. The summed E-state index contributed by atoms with van der Waals surface area (Å²) in [5, 5.41) is 10.7. The van der Waals surface area contributed by atoms with E-state index in [1.54, 1.807) is 0 Å². The van der Waals surface area contributed by atoms with Gasteiger partial charge in [-0.05, 0) is 12.1 Å². The Bertz CT molecular complexity index is 603. The highest BCUT2D eigenvalue weighted by molar-refractivity contribution is 9.10. The molecule has 6 nitrogen and oxygen atoms in total. The molecule has 0 bridgehead atoms. The third-order valence-electron chi connectivity index (χ3n) is 1.93. The van der Waals surface area contributed by atoms with Crippen molar-refractivity contribution in [2.75, 3.05) is 9.38 Å². The highest BCUT2D eigenvalue weighted by Crippen LogP contribution is 2.35. The normalized spacial score (nSPS) is 12.2. The van der Waals surface area contributed by atoms with Crippen molar-refractivity contribution in [3.8, 4) is 0 Å². The van der Waals surface area contributed by atoms with Crippen molar-refractivity contribution >= 4 is 37.3 Å². The molecule has 0 unspecified atom stereocenters. The average Bonchev–Trinajstić information content (AvgIpc) is 2.27. The zero-order valence-electron chi connectivity index (χ0n) is 8.94. The predicted octanol–water partition coefficient (Wildman–Crippen LogP) is 2.71. The van der Waals surface area contributed by atoms with Gasteiger partial charge in [-0.25, -0.2) is 8.42 Å². The van der Waals surface area contributed by atoms with E-state index in [4.69, 9.17) is 0 Å². The summed E-state index contributed by atoms with van der Waals surface area (Å²) in [6.07, 6.45) is -4.75. The molecule has 0 amide bonds. The van der Waals surface area contributed by atoms with E-state index >= 15 is 0 Å². The van der Waals surface area contributed by atoms with E-state index in [-0.39, 0.29) is 6.07 Å². The Hall–Kier alpha value is -1.36. The molecule has 0 saturated heterocycles. The summed E-state index contributed by atoms with van der Waals surface area (Å²) in [5.41, 5.74) is -2.74. The first-order valence-electron chi connectivity index (χ1n) is 4.49. The molecule has 0 saturated carbocycles. The lowest BCUT2D eigenvalue weighted by molar-refractivity contribution is -0.384. The van der Waals surface area contributed by atoms with Crippen LogP contribution in [0.1, 0.15) is 5.56 Å². The minimum Gasteiger partial charge on any atom is -0.276 e. The minimum absolute atomic E-state index is 0.270. The lowest BCUT2D eigenvalue weighted by atomic mass is 10.1. The van der Waals surface area contributed by atoms with Crippen LogP contribution in [0.4, 0.5) is 24.5 Å². The first kappa shape index (κ1) is 15.7. The molecule has 0 spiro atoms. The van der Waals surface area contributed by atoms with Crippen LogP contribution < -0.4 is 4.72 Å². The number of nitrogens with one attached hydrogen (secondary N) is 1. The summed E-state index contributed by atoms with van der Waals surface area (Å²) < 4.78 is 60.9. The minimum atomic E-state index is -4.75. The number of nitrogens with zero attached hydrogens (tertiary/aromatic N) is 1. The molecule has 0 aromatic heterocycles. The zero-order valence-corrected chi connectivity index (χ0v) is 11.3. The number of anilines is 1. The van der Waals surface area contributed by atoms with Gasteiger partial charge in [0.25, 0.3) is 5.69 Å². The van der Waals surface area contributed by atoms with Crippen molar-refractivity contribution < 1.29 is 26.5 Å². The van der Waals surface area contributed by atoms with E-state index in [1.165, 1.54) is 0 Å². The molecule has 106 valence electrons. The second-order valence-corrected chi connectivity index (χ2v) is 6.34. The Kier molecular flexibility index (Phi) is 4.40. The van der Waals surface area contributed by atoms with E-state index in [0.29, 0.717) is 12.1 Å². The Morgan fingerprint density at radius 1 is 1.37 bits per heavy atom. The van der Waals surface area contributed by atoms with Gasteiger partial charge < -0.3 is 0 Å². The molecule has 0 fully saturated rings. The fourth-order valence-corrected chi connectivity index (χ4v) is 2.05. The fraction of sp³-hybridized carbons (Fsp3) is 0.250. The molecule has 0 aliphatic carbocycles. The van der Waals surface area contributed by atoms with E-state index < -0.39 is 42.7 Å². The Morgan fingerprint density at radius 3 is 2.37 bits per heavy atom. The maximum absolute atomic E-state index is 12.4. The summed E-state index contributed by atoms with van der Waals surface area (Å²) in [5.74, 6) is 0. The van der Waals surface area contributed by atoms with Gasteiger partial charge in [-0.15, -0.1) is 0 Å². The van der Waals surface area contributed by atoms with Crippen LogP contribution in [-0.4, -0.2) is 18.0 Å². The van der Waals surface area contributed by atoms with Gasteiger partial charge in [0.15, 0.2) is 0 Å². The second-order valence-electron chi connectivity index (χ2n) is 3.31. The number of nitro groups is 1. The molecule has 1 rings (SSSR count). The highest BCUT2D eigenvalue weighted by Gasteiger charge is 2.33. The second kappa shape index (κ2) is 5.33. The average molecular weight is 363 g/mol. The number of benzene rings is 1. The van der Waals surface area contributed by atoms with Crippen molar-refractivity contribution in [2.24, 2.45) is 0 Å². The molecule has 0 heterocycles. The Morgan fingerprint density at radius 2 is 1.95 bits per heavy atom. The third-order valence-corrected chi connectivity index (χ3v) is 4.56. The molecule has 0 aliphatic rings. The van der Waals surface area contributed by atoms with Gasteiger partial charge in [0.2, 0.25) is 10.0 Å². The molecule has 11 heteroatoms. The van der Waals surface area contributed by atoms with Crippen LogP contribution in [0, 0.1) is 10.1 Å². The maximum Gasteiger partial charge on any atom is 0.416 e. The fourth-order valence-electron chi connectivity index (χ4n) is 1.14. The van der Waals surface area contributed by atoms with Crippen LogP contribution in [0.3, 0.4) is 0 Å². The van der Waals surface area contributed by atoms with Gasteiger partial charge in [0, 0.05) is 6.07 Å². The van der Waals surface area contributed by atoms with Crippen LogP contribution in [-0.2, 0) is 16.2 Å². The smallest absolute Gasteiger partial charge is 0.276 e. The molecule has 1 N–H and O–H groups in total. The van der Waals surface area contributed by atoms with Gasteiger partial charge in [-0.3, -0.25) is 14.8 Å². The molecular formula is C8H6BrF3N2O4S. The standard InChI is InChI=1S/C8H6BrF3N2O4S/c9-4-19(17,18)13-6-2-1-5(8(10,11)12)3-7(6)14(15)16/h1-3,13H,4H2. The molecule has 0 atom stereocenters. The zero-order chi connectivity index (χ0) is 14.8. The Balaban J connectivity index is 3.32. The van der Waals surface area contributed by atoms with Gasteiger partial charge in [0.1, 0.15) is 10.3 Å². The number of hydrogen-bond donors (Lipinski definition) is 1. The van der Waals surface area contributed by atoms with Gasteiger partial charge in [-0.1, -0.05) is 15.9 Å². The van der Waals surface area contributed by atoms with Crippen LogP contribution in [0.15, 0.2) is 18.2 Å². The summed E-state index contributed by atoms with van der Waals surface area (Å²) in [4.78, 5) is 9.57. The van der Waals surface area contributed by atoms with E-state index in [2.05, 4.69) is 15.9 Å². The molecule has 19 heavy (non-hydrogen) atoms. The van der Waals surface area contributed by atoms with Crippen LogP contribution in [0.2, 0.25) is 0 Å². The number of halogens is 4. The molecule has 0 radical (unpaired) electrons. The monoisotopic (exact) mass is 362 g/mol. The van der Waals surface area contributed by atoms with Gasteiger partial charge >= 0.3 is 6.18 Å². The van der Waals surface area contributed by atoms with E-state index in [0.717, 1.165) is 0 Å². The maximum atomic E-state index is 12.4.